The highest BCUT2D eigenvalue weighted by molar-refractivity contribution is 5.96. The molecule has 0 aliphatic rings. The number of hydrogen-bond acceptors (Lipinski definition) is 3. The van der Waals surface area contributed by atoms with E-state index in [1.807, 2.05) is 0 Å². The molecule has 2 atom stereocenters. The highest BCUT2D eigenvalue weighted by Gasteiger charge is 2.22. The van der Waals surface area contributed by atoms with Crippen molar-refractivity contribution < 1.29 is 9.59 Å². The first-order valence-corrected chi connectivity index (χ1v) is 8.14. The maximum Gasteiger partial charge on any atom is 0.321 e. The standard InChI is InChI=1S/C18H29N3O2/c1-11(2)14-7-9-15(10-8-14)16(12(3)4)20-13(5)17(22)21-18(23)19-6/h7-13,16,20H,1-6H3,(H2,19,21,22,23)/t13-,16+/m0/s1. The van der Waals surface area contributed by atoms with Gasteiger partial charge in [0.05, 0.1) is 6.04 Å². The van der Waals surface area contributed by atoms with Crippen molar-refractivity contribution in [2.45, 2.75) is 52.6 Å². The van der Waals surface area contributed by atoms with Crippen LogP contribution in [0, 0.1) is 5.92 Å². The van der Waals surface area contributed by atoms with Crippen LogP contribution in [0.25, 0.3) is 0 Å². The van der Waals surface area contributed by atoms with E-state index in [0.29, 0.717) is 11.8 Å². The number of imide groups is 1. The summed E-state index contributed by atoms with van der Waals surface area (Å²) in [6.07, 6.45) is 0. The van der Waals surface area contributed by atoms with Crippen LogP contribution >= 0.6 is 0 Å². The van der Waals surface area contributed by atoms with E-state index in [4.69, 9.17) is 0 Å². The summed E-state index contributed by atoms with van der Waals surface area (Å²) in [7, 11) is 1.48. The second-order valence-corrected chi connectivity index (χ2v) is 6.50. The quantitative estimate of drug-likeness (QED) is 0.755. The van der Waals surface area contributed by atoms with Crippen LogP contribution in [0.5, 0.6) is 0 Å². The highest BCUT2D eigenvalue weighted by atomic mass is 16.2. The summed E-state index contributed by atoms with van der Waals surface area (Å²) in [5.41, 5.74) is 2.44. The summed E-state index contributed by atoms with van der Waals surface area (Å²) in [6, 6.07) is 7.56. The van der Waals surface area contributed by atoms with E-state index in [2.05, 4.69) is 67.9 Å². The summed E-state index contributed by atoms with van der Waals surface area (Å²) in [4.78, 5) is 23.3. The fourth-order valence-electron chi connectivity index (χ4n) is 2.39. The number of hydrogen-bond donors (Lipinski definition) is 3. The average Bonchev–Trinajstić information content (AvgIpc) is 2.51. The van der Waals surface area contributed by atoms with Crippen molar-refractivity contribution in [1.82, 2.24) is 16.0 Å². The molecular formula is C18H29N3O2. The van der Waals surface area contributed by atoms with Crippen molar-refractivity contribution in [3.8, 4) is 0 Å². The Bertz CT molecular complexity index is 524. The van der Waals surface area contributed by atoms with Gasteiger partial charge >= 0.3 is 6.03 Å². The van der Waals surface area contributed by atoms with Gasteiger partial charge < -0.3 is 5.32 Å². The van der Waals surface area contributed by atoms with Gasteiger partial charge in [0.15, 0.2) is 0 Å². The van der Waals surface area contributed by atoms with Crippen molar-refractivity contribution in [2.24, 2.45) is 5.92 Å². The Morgan fingerprint density at radius 3 is 1.87 bits per heavy atom. The number of amides is 3. The molecule has 3 amide bonds. The molecule has 23 heavy (non-hydrogen) atoms. The first-order chi connectivity index (χ1) is 10.8. The molecule has 128 valence electrons. The molecule has 5 heteroatoms. The molecule has 0 aliphatic heterocycles. The van der Waals surface area contributed by atoms with Gasteiger partial charge in [0.1, 0.15) is 0 Å². The van der Waals surface area contributed by atoms with Crippen molar-refractivity contribution in [1.29, 1.82) is 0 Å². The van der Waals surface area contributed by atoms with Crippen LogP contribution in [0.4, 0.5) is 4.79 Å². The molecule has 0 saturated carbocycles. The largest absolute Gasteiger partial charge is 0.341 e. The molecule has 3 N–H and O–H groups in total. The fourth-order valence-corrected chi connectivity index (χ4v) is 2.39. The van der Waals surface area contributed by atoms with Gasteiger partial charge in [0, 0.05) is 13.1 Å². The Hall–Kier alpha value is -1.88. The van der Waals surface area contributed by atoms with Gasteiger partial charge in [0.2, 0.25) is 5.91 Å². The predicted octanol–water partition coefficient (Wildman–Crippen LogP) is 2.94. The van der Waals surface area contributed by atoms with Crippen LogP contribution in [0.15, 0.2) is 24.3 Å². The first kappa shape index (κ1) is 19.2. The van der Waals surface area contributed by atoms with Gasteiger partial charge in [-0.2, -0.15) is 0 Å². The molecular weight excluding hydrogens is 290 g/mol. The first-order valence-electron chi connectivity index (χ1n) is 8.14. The highest BCUT2D eigenvalue weighted by Crippen LogP contribution is 2.24. The monoisotopic (exact) mass is 319 g/mol. The fraction of sp³-hybridized carbons (Fsp3) is 0.556. The molecule has 5 nitrogen and oxygen atoms in total. The molecule has 0 aliphatic carbocycles. The van der Waals surface area contributed by atoms with Crippen molar-refractivity contribution in [3.63, 3.8) is 0 Å². The predicted molar refractivity (Wildman–Crippen MR) is 93.3 cm³/mol. The zero-order valence-corrected chi connectivity index (χ0v) is 14.9. The zero-order chi connectivity index (χ0) is 17.6. The van der Waals surface area contributed by atoms with Crippen molar-refractivity contribution in [3.05, 3.63) is 35.4 Å². The number of carbonyl (C=O) groups excluding carboxylic acids is 2. The molecule has 0 spiro atoms. The lowest BCUT2D eigenvalue weighted by atomic mass is 9.93. The summed E-state index contributed by atoms with van der Waals surface area (Å²) < 4.78 is 0. The Kier molecular flexibility index (Phi) is 7.23. The molecule has 0 radical (unpaired) electrons. The van der Waals surface area contributed by atoms with Crippen molar-refractivity contribution in [2.75, 3.05) is 7.05 Å². The maximum atomic E-state index is 12.0. The maximum absolute atomic E-state index is 12.0. The second-order valence-electron chi connectivity index (χ2n) is 6.50. The minimum Gasteiger partial charge on any atom is -0.341 e. The molecule has 1 aromatic rings. The number of rotatable bonds is 6. The third-order valence-electron chi connectivity index (χ3n) is 3.92. The topological polar surface area (TPSA) is 70.2 Å². The Morgan fingerprint density at radius 1 is 0.913 bits per heavy atom. The van der Waals surface area contributed by atoms with E-state index in [0.717, 1.165) is 5.56 Å². The smallest absolute Gasteiger partial charge is 0.321 e. The van der Waals surface area contributed by atoms with E-state index >= 15 is 0 Å². The van der Waals surface area contributed by atoms with Crippen LogP contribution in [-0.4, -0.2) is 25.0 Å². The lowest BCUT2D eigenvalue weighted by Gasteiger charge is -2.26. The van der Waals surface area contributed by atoms with E-state index in [1.54, 1.807) is 6.92 Å². The van der Waals surface area contributed by atoms with Gasteiger partial charge in [0.25, 0.3) is 0 Å². The summed E-state index contributed by atoms with van der Waals surface area (Å²) in [6.45, 7) is 10.3. The van der Waals surface area contributed by atoms with E-state index in [1.165, 1.54) is 12.6 Å². The number of benzene rings is 1. The molecule has 0 unspecified atom stereocenters. The van der Waals surface area contributed by atoms with Gasteiger partial charge in [-0.25, -0.2) is 4.79 Å². The average molecular weight is 319 g/mol. The van der Waals surface area contributed by atoms with Crippen LogP contribution in [0.1, 0.15) is 57.7 Å². The van der Waals surface area contributed by atoms with Crippen LogP contribution in [0.2, 0.25) is 0 Å². The number of nitrogens with one attached hydrogen (secondary N) is 3. The Labute approximate surface area is 139 Å². The molecule has 1 rings (SSSR count). The van der Waals surface area contributed by atoms with E-state index < -0.39 is 12.1 Å². The van der Waals surface area contributed by atoms with Gasteiger partial charge in [-0.1, -0.05) is 52.0 Å². The molecule has 0 aromatic heterocycles. The minimum atomic E-state index is -0.494. The molecule has 0 fully saturated rings. The molecule has 1 aromatic carbocycles. The van der Waals surface area contributed by atoms with Gasteiger partial charge in [-0.15, -0.1) is 0 Å². The summed E-state index contributed by atoms with van der Waals surface area (Å²) in [5, 5.41) is 7.99. The summed E-state index contributed by atoms with van der Waals surface area (Å²) >= 11 is 0. The number of urea groups is 1. The summed E-state index contributed by atoms with van der Waals surface area (Å²) in [5.74, 6) is 0.468. The zero-order valence-electron chi connectivity index (χ0n) is 14.9. The third-order valence-corrected chi connectivity index (χ3v) is 3.92. The van der Waals surface area contributed by atoms with Crippen molar-refractivity contribution >= 4 is 11.9 Å². The molecule has 0 heterocycles. The van der Waals surface area contributed by atoms with Crippen LogP contribution in [-0.2, 0) is 4.79 Å². The van der Waals surface area contributed by atoms with E-state index in [-0.39, 0.29) is 11.9 Å². The second kappa shape index (κ2) is 8.67. The van der Waals surface area contributed by atoms with Crippen LogP contribution in [0.3, 0.4) is 0 Å². The Morgan fingerprint density at radius 2 is 1.43 bits per heavy atom. The van der Waals surface area contributed by atoms with Crippen LogP contribution < -0.4 is 16.0 Å². The third kappa shape index (κ3) is 5.67. The normalized spacial score (nSPS) is 13.7. The van der Waals surface area contributed by atoms with E-state index in [9.17, 15) is 9.59 Å². The van der Waals surface area contributed by atoms with Gasteiger partial charge in [-0.05, 0) is 29.9 Å². The minimum absolute atomic E-state index is 0.0432. The lowest BCUT2D eigenvalue weighted by Crippen LogP contribution is -2.48. The molecule has 0 bridgehead atoms. The SMILES string of the molecule is CNC(=O)NC(=O)[C@H](C)N[C@@H](c1ccc(C(C)C)cc1)C(C)C. The van der Waals surface area contributed by atoms with Gasteiger partial charge in [-0.3, -0.25) is 15.4 Å². The molecule has 0 saturated heterocycles. The Balaban J connectivity index is 2.82. The lowest BCUT2D eigenvalue weighted by molar-refractivity contribution is -0.121. The number of carbonyl (C=O) groups is 2.